The van der Waals surface area contributed by atoms with Crippen molar-refractivity contribution in [1.82, 2.24) is 9.97 Å². The third-order valence-corrected chi connectivity index (χ3v) is 5.14. The number of hydrogen-bond acceptors (Lipinski definition) is 8. The van der Waals surface area contributed by atoms with Crippen LogP contribution in [0.2, 0.25) is 0 Å². The second-order valence-corrected chi connectivity index (χ2v) is 7.30. The van der Waals surface area contributed by atoms with E-state index < -0.39 is 10.5 Å². The summed E-state index contributed by atoms with van der Waals surface area (Å²) in [6, 6.07) is 8.37. The number of aliphatic hydroxyl groups is 1. The second-order valence-electron chi connectivity index (χ2n) is 7.30. The van der Waals surface area contributed by atoms with Crippen LogP contribution in [0.15, 0.2) is 30.5 Å². The third kappa shape index (κ3) is 4.35. The summed E-state index contributed by atoms with van der Waals surface area (Å²) in [5.74, 6) is 1.06. The molecular formula is C19H22N6O3. The first-order valence-electron chi connectivity index (χ1n) is 9.03. The van der Waals surface area contributed by atoms with Crippen LogP contribution in [0.5, 0.6) is 0 Å². The van der Waals surface area contributed by atoms with Crippen LogP contribution in [0.3, 0.4) is 0 Å². The lowest BCUT2D eigenvalue weighted by Crippen LogP contribution is -2.41. The number of nitrogens with one attached hydrogen (secondary N) is 1. The molecule has 1 fully saturated rings. The minimum atomic E-state index is -0.631. The van der Waals surface area contributed by atoms with Crippen molar-refractivity contribution >= 4 is 23.1 Å². The molecule has 0 aromatic carbocycles. The van der Waals surface area contributed by atoms with Crippen molar-refractivity contribution in [1.29, 1.82) is 5.26 Å². The number of aromatic nitrogens is 2. The predicted molar refractivity (Wildman–Crippen MR) is 104 cm³/mol. The Bertz CT molecular complexity index is 897. The summed E-state index contributed by atoms with van der Waals surface area (Å²) in [4.78, 5) is 21.4. The summed E-state index contributed by atoms with van der Waals surface area (Å²) in [5.41, 5.74) is -0.390. The van der Waals surface area contributed by atoms with E-state index in [1.807, 2.05) is 24.9 Å². The molecule has 0 radical (unpaired) electrons. The highest BCUT2D eigenvalue weighted by Crippen LogP contribution is 2.33. The van der Waals surface area contributed by atoms with Gasteiger partial charge in [-0.1, -0.05) is 0 Å². The molecule has 2 aromatic heterocycles. The topological polar surface area (TPSA) is 128 Å². The molecule has 1 saturated carbocycles. The minimum absolute atomic E-state index is 0.0920. The van der Waals surface area contributed by atoms with Crippen LogP contribution in [-0.4, -0.2) is 38.7 Å². The van der Waals surface area contributed by atoms with Gasteiger partial charge in [0, 0.05) is 25.4 Å². The number of rotatable bonds is 5. The van der Waals surface area contributed by atoms with Gasteiger partial charge < -0.3 is 15.3 Å². The first-order chi connectivity index (χ1) is 13.3. The van der Waals surface area contributed by atoms with Gasteiger partial charge in [0.2, 0.25) is 5.82 Å². The molecule has 3 rings (SSSR count). The SMILES string of the molecule is CN(c1ccc([N+](=O)[O-])c(Nc2ccc(C#N)cn2)n1)C1CCC(C)(O)CC1. The fourth-order valence-electron chi connectivity index (χ4n) is 3.33. The van der Waals surface area contributed by atoms with E-state index in [2.05, 4.69) is 15.3 Å². The van der Waals surface area contributed by atoms with Gasteiger partial charge in [0.1, 0.15) is 17.7 Å². The molecule has 28 heavy (non-hydrogen) atoms. The van der Waals surface area contributed by atoms with Crippen LogP contribution in [0.25, 0.3) is 0 Å². The number of pyridine rings is 2. The lowest BCUT2D eigenvalue weighted by molar-refractivity contribution is -0.384. The lowest BCUT2D eigenvalue weighted by Gasteiger charge is -2.38. The largest absolute Gasteiger partial charge is 0.390 e. The molecule has 2 N–H and O–H groups in total. The predicted octanol–water partition coefficient (Wildman–Crippen LogP) is 3.13. The van der Waals surface area contributed by atoms with Crippen LogP contribution in [-0.2, 0) is 0 Å². The molecule has 2 aromatic rings. The van der Waals surface area contributed by atoms with E-state index in [4.69, 9.17) is 5.26 Å². The standard InChI is InChI=1S/C19H22N6O3/c1-19(26)9-7-14(8-10-19)24(2)17-6-4-15(25(27)28)18(23-17)22-16-5-3-13(11-20)12-21-16/h3-6,12,14,26H,7-10H2,1-2H3,(H,21,22,23). The maximum atomic E-state index is 11.4. The van der Waals surface area contributed by atoms with Gasteiger partial charge in [0.05, 0.1) is 16.1 Å². The van der Waals surface area contributed by atoms with Gasteiger partial charge in [0.15, 0.2) is 0 Å². The summed E-state index contributed by atoms with van der Waals surface area (Å²) in [5, 5.41) is 33.3. The Kier molecular flexibility index (Phi) is 5.42. The zero-order chi connectivity index (χ0) is 20.3. The summed E-state index contributed by atoms with van der Waals surface area (Å²) < 4.78 is 0. The maximum absolute atomic E-state index is 11.4. The van der Waals surface area contributed by atoms with Crippen molar-refractivity contribution in [2.75, 3.05) is 17.3 Å². The fourth-order valence-corrected chi connectivity index (χ4v) is 3.33. The van der Waals surface area contributed by atoms with E-state index in [0.717, 1.165) is 12.8 Å². The van der Waals surface area contributed by atoms with Crippen molar-refractivity contribution in [3.63, 3.8) is 0 Å². The number of hydrogen-bond donors (Lipinski definition) is 2. The molecule has 0 aliphatic heterocycles. The Morgan fingerprint density at radius 3 is 2.64 bits per heavy atom. The molecular weight excluding hydrogens is 360 g/mol. The molecule has 9 heteroatoms. The van der Waals surface area contributed by atoms with Crippen LogP contribution < -0.4 is 10.2 Å². The van der Waals surface area contributed by atoms with Gasteiger partial charge in [-0.15, -0.1) is 0 Å². The van der Waals surface area contributed by atoms with E-state index >= 15 is 0 Å². The van der Waals surface area contributed by atoms with Crippen LogP contribution >= 0.6 is 0 Å². The number of nitrogens with zero attached hydrogens (tertiary/aromatic N) is 5. The van der Waals surface area contributed by atoms with Crippen LogP contribution in [0.4, 0.5) is 23.1 Å². The summed E-state index contributed by atoms with van der Waals surface area (Å²) in [6.07, 6.45) is 4.44. The summed E-state index contributed by atoms with van der Waals surface area (Å²) >= 11 is 0. The van der Waals surface area contributed by atoms with Crippen LogP contribution in [0.1, 0.15) is 38.2 Å². The van der Waals surface area contributed by atoms with Crippen molar-refractivity contribution in [3.8, 4) is 6.07 Å². The Labute approximate surface area is 162 Å². The molecule has 2 heterocycles. The molecule has 0 saturated heterocycles. The molecule has 9 nitrogen and oxygen atoms in total. The maximum Gasteiger partial charge on any atom is 0.311 e. The average molecular weight is 382 g/mol. The summed E-state index contributed by atoms with van der Waals surface area (Å²) in [6.45, 7) is 1.85. The van der Waals surface area contributed by atoms with Gasteiger partial charge >= 0.3 is 5.69 Å². The number of anilines is 3. The van der Waals surface area contributed by atoms with Gasteiger partial charge in [-0.3, -0.25) is 10.1 Å². The molecule has 0 amide bonds. The zero-order valence-electron chi connectivity index (χ0n) is 15.8. The zero-order valence-corrected chi connectivity index (χ0v) is 15.8. The first-order valence-corrected chi connectivity index (χ1v) is 9.03. The highest BCUT2D eigenvalue weighted by molar-refractivity contribution is 5.66. The van der Waals surface area contributed by atoms with Crippen molar-refractivity contribution in [2.24, 2.45) is 0 Å². The average Bonchev–Trinajstić information content (AvgIpc) is 2.68. The fraction of sp³-hybridized carbons (Fsp3) is 0.421. The third-order valence-electron chi connectivity index (χ3n) is 5.14. The highest BCUT2D eigenvalue weighted by atomic mass is 16.6. The Balaban J connectivity index is 1.84. The van der Waals surface area contributed by atoms with Crippen molar-refractivity contribution in [3.05, 3.63) is 46.1 Å². The number of nitro groups is 1. The van der Waals surface area contributed by atoms with Gasteiger partial charge in [-0.2, -0.15) is 5.26 Å². The Morgan fingerprint density at radius 1 is 1.36 bits per heavy atom. The molecule has 1 aliphatic carbocycles. The van der Waals surface area contributed by atoms with Gasteiger partial charge in [-0.05, 0) is 50.8 Å². The van der Waals surface area contributed by atoms with E-state index in [0.29, 0.717) is 30.0 Å². The molecule has 0 bridgehead atoms. The molecule has 0 spiro atoms. The van der Waals surface area contributed by atoms with E-state index in [-0.39, 0.29) is 17.5 Å². The second kappa shape index (κ2) is 7.78. The Morgan fingerprint density at radius 2 is 2.07 bits per heavy atom. The highest BCUT2D eigenvalue weighted by Gasteiger charge is 2.31. The minimum Gasteiger partial charge on any atom is -0.390 e. The number of nitriles is 1. The van der Waals surface area contributed by atoms with E-state index in [1.165, 1.54) is 12.3 Å². The van der Waals surface area contributed by atoms with Crippen LogP contribution in [0, 0.1) is 21.4 Å². The monoisotopic (exact) mass is 382 g/mol. The van der Waals surface area contributed by atoms with E-state index in [9.17, 15) is 15.2 Å². The Hall–Kier alpha value is -3.25. The van der Waals surface area contributed by atoms with Gasteiger partial charge in [0.25, 0.3) is 0 Å². The molecule has 146 valence electrons. The van der Waals surface area contributed by atoms with E-state index in [1.54, 1.807) is 18.2 Å². The quantitative estimate of drug-likeness (QED) is 0.596. The van der Waals surface area contributed by atoms with Crippen molar-refractivity contribution in [2.45, 2.75) is 44.2 Å². The normalized spacial score (nSPS) is 21.6. The summed E-state index contributed by atoms with van der Waals surface area (Å²) in [7, 11) is 1.91. The first kappa shape index (κ1) is 19.5. The van der Waals surface area contributed by atoms with Crippen molar-refractivity contribution < 1.29 is 10.0 Å². The lowest BCUT2D eigenvalue weighted by atomic mass is 9.83. The molecule has 1 aliphatic rings. The molecule has 0 atom stereocenters. The smallest absolute Gasteiger partial charge is 0.311 e. The van der Waals surface area contributed by atoms with Gasteiger partial charge in [-0.25, -0.2) is 9.97 Å². The molecule has 0 unspecified atom stereocenters.